The van der Waals surface area contributed by atoms with Gasteiger partial charge in [0.15, 0.2) is 0 Å². The minimum absolute atomic E-state index is 0.124. The van der Waals surface area contributed by atoms with Gasteiger partial charge in [-0.15, -0.1) is 6.42 Å². The first-order valence-electron chi connectivity index (χ1n) is 5.20. The first kappa shape index (κ1) is 14.0. The number of hydrogen-bond donors (Lipinski definition) is 0. The van der Waals surface area contributed by atoms with Gasteiger partial charge in [0.05, 0.1) is 4.90 Å². The van der Waals surface area contributed by atoms with Gasteiger partial charge in [-0.25, -0.2) is 0 Å². The maximum atomic E-state index is 12.2. The van der Waals surface area contributed by atoms with Crippen molar-refractivity contribution < 1.29 is 8.42 Å². The van der Waals surface area contributed by atoms with E-state index in [9.17, 15) is 8.42 Å². The predicted molar refractivity (Wildman–Crippen MR) is 72.6 cm³/mol. The zero-order valence-electron chi connectivity index (χ0n) is 10.1. The van der Waals surface area contributed by atoms with Crippen molar-refractivity contribution in [2.24, 2.45) is 5.10 Å². The second kappa shape index (κ2) is 6.03. The van der Waals surface area contributed by atoms with E-state index in [4.69, 9.17) is 6.42 Å². The Kier molecular flexibility index (Phi) is 4.69. The van der Waals surface area contributed by atoms with Crippen molar-refractivity contribution in [3.8, 4) is 12.3 Å². The summed E-state index contributed by atoms with van der Waals surface area (Å²) in [5.74, 6) is 2.26. The molecule has 0 radical (unpaired) electrons. The molecule has 0 saturated carbocycles. The SMILES string of the molecule is C#CCN(/N=C/C=C)S(=O)(=O)c1ccc(C)cc1. The Bertz CT molecular complexity index is 580. The second-order valence-electron chi connectivity index (χ2n) is 3.50. The predicted octanol–water partition coefficient (Wildman–Crippen LogP) is 1.79. The lowest BCUT2D eigenvalue weighted by molar-refractivity contribution is 0.469. The van der Waals surface area contributed by atoms with E-state index in [0.717, 1.165) is 9.98 Å². The number of benzene rings is 1. The van der Waals surface area contributed by atoms with Crippen LogP contribution in [0, 0.1) is 19.3 Å². The van der Waals surface area contributed by atoms with Crippen LogP contribution in [0.4, 0.5) is 0 Å². The second-order valence-corrected chi connectivity index (χ2v) is 5.35. The molecule has 0 aromatic heterocycles. The van der Waals surface area contributed by atoms with Crippen molar-refractivity contribution >= 4 is 16.2 Å². The molecular formula is C13H14N2O2S. The third-order valence-electron chi connectivity index (χ3n) is 2.12. The summed E-state index contributed by atoms with van der Waals surface area (Å²) in [4.78, 5) is 0.157. The van der Waals surface area contributed by atoms with Crippen molar-refractivity contribution in [2.75, 3.05) is 6.54 Å². The smallest absolute Gasteiger partial charge is 0.200 e. The number of allylic oxidation sites excluding steroid dienone is 1. The van der Waals surface area contributed by atoms with Crippen LogP contribution in [-0.2, 0) is 10.0 Å². The molecule has 0 spiro atoms. The van der Waals surface area contributed by atoms with E-state index in [0.29, 0.717) is 0 Å². The van der Waals surface area contributed by atoms with Gasteiger partial charge in [0.1, 0.15) is 6.54 Å². The van der Waals surface area contributed by atoms with Gasteiger partial charge in [0, 0.05) is 6.21 Å². The standard InChI is InChI=1S/C13H14N2O2S/c1-4-10-14-15(11-5-2)18(16,17)13-8-6-12(3)7-9-13/h2,4,6-10H,1,11H2,3H3/b14-10+. The highest BCUT2D eigenvalue weighted by molar-refractivity contribution is 7.89. The molecule has 0 bridgehead atoms. The molecule has 0 amide bonds. The van der Waals surface area contributed by atoms with Gasteiger partial charge in [-0.2, -0.15) is 17.9 Å². The fourth-order valence-electron chi connectivity index (χ4n) is 1.22. The van der Waals surface area contributed by atoms with Crippen molar-refractivity contribution in [1.29, 1.82) is 0 Å². The zero-order chi connectivity index (χ0) is 13.6. The van der Waals surface area contributed by atoms with Crippen molar-refractivity contribution in [2.45, 2.75) is 11.8 Å². The quantitative estimate of drug-likeness (QED) is 0.461. The van der Waals surface area contributed by atoms with Crippen LogP contribution in [0.25, 0.3) is 0 Å². The third kappa shape index (κ3) is 3.22. The molecule has 0 aliphatic carbocycles. The summed E-state index contributed by atoms with van der Waals surface area (Å²) in [5, 5.41) is 3.76. The number of nitrogens with zero attached hydrogens (tertiary/aromatic N) is 2. The number of rotatable bonds is 5. The molecule has 0 atom stereocenters. The summed E-state index contributed by atoms with van der Waals surface area (Å²) in [7, 11) is -3.71. The molecule has 18 heavy (non-hydrogen) atoms. The Balaban J connectivity index is 3.17. The molecule has 4 nitrogen and oxygen atoms in total. The molecule has 0 unspecified atom stereocenters. The molecule has 0 saturated heterocycles. The van der Waals surface area contributed by atoms with Gasteiger partial charge in [-0.3, -0.25) is 0 Å². The monoisotopic (exact) mass is 262 g/mol. The molecular weight excluding hydrogens is 248 g/mol. The molecule has 1 aromatic rings. The highest BCUT2D eigenvalue weighted by Crippen LogP contribution is 2.16. The Morgan fingerprint density at radius 1 is 1.44 bits per heavy atom. The maximum Gasteiger partial charge on any atom is 0.279 e. The number of sulfonamides is 1. The molecule has 0 aliphatic heterocycles. The third-order valence-corrected chi connectivity index (χ3v) is 3.77. The largest absolute Gasteiger partial charge is 0.279 e. The summed E-state index contributed by atoms with van der Waals surface area (Å²) >= 11 is 0. The molecule has 0 N–H and O–H groups in total. The molecule has 1 rings (SSSR count). The van der Waals surface area contributed by atoms with Gasteiger partial charge in [0.25, 0.3) is 10.0 Å². The van der Waals surface area contributed by atoms with Gasteiger partial charge in [-0.1, -0.05) is 30.2 Å². The Morgan fingerprint density at radius 3 is 2.56 bits per heavy atom. The van der Waals surface area contributed by atoms with Gasteiger partial charge < -0.3 is 0 Å². The van der Waals surface area contributed by atoms with E-state index in [-0.39, 0.29) is 11.4 Å². The summed E-state index contributed by atoms with van der Waals surface area (Å²) in [6.45, 7) is 5.19. The number of hydrazone groups is 1. The average molecular weight is 262 g/mol. The van der Waals surface area contributed by atoms with E-state index >= 15 is 0 Å². The maximum absolute atomic E-state index is 12.2. The van der Waals surface area contributed by atoms with Crippen LogP contribution in [0.15, 0.2) is 46.9 Å². The molecule has 0 fully saturated rings. The van der Waals surface area contributed by atoms with Gasteiger partial charge in [0.2, 0.25) is 0 Å². The van der Waals surface area contributed by atoms with Crippen molar-refractivity contribution in [3.05, 3.63) is 42.5 Å². The number of aryl methyl sites for hydroxylation is 1. The Hall–Kier alpha value is -2.06. The lowest BCUT2D eigenvalue weighted by Gasteiger charge is -2.16. The molecule has 94 valence electrons. The van der Waals surface area contributed by atoms with Crippen molar-refractivity contribution in [1.82, 2.24) is 4.41 Å². The van der Waals surface area contributed by atoms with E-state index in [1.54, 1.807) is 12.1 Å². The lowest BCUT2D eigenvalue weighted by atomic mass is 10.2. The van der Waals surface area contributed by atoms with E-state index in [1.165, 1.54) is 24.4 Å². The van der Waals surface area contributed by atoms with Crippen LogP contribution in [0.3, 0.4) is 0 Å². The highest BCUT2D eigenvalue weighted by Gasteiger charge is 2.21. The van der Waals surface area contributed by atoms with Crippen LogP contribution in [0.5, 0.6) is 0 Å². The minimum Gasteiger partial charge on any atom is -0.200 e. The van der Waals surface area contributed by atoms with Crippen LogP contribution < -0.4 is 0 Å². The molecule has 1 aromatic carbocycles. The lowest BCUT2D eigenvalue weighted by Crippen LogP contribution is -2.26. The molecule has 0 aliphatic rings. The van der Waals surface area contributed by atoms with E-state index in [1.807, 2.05) is 6.92 Å². The van der Waals surface area contributed by atoms with Crippen LogP contribution in [0.1, 0.15) is 5.56 Å². The van der Waals surface area contributed by atoms with E-state index < -0.39 is 10.0 Å². The minimum atomic E-state index is -3.71. The summed E-state index contributed by atoms with van der Waals surface area (Å²) in [5.41, 5.74) is 0.979. The topological polar surface area (TPSA) is 49.7 Å². The van der Waals surface area contributed by atoms with E-state index in [2.05, 4.69) is 17.6 Å². The summed E-state index contributed by atoms with van der Waals surface area (Å²) in [6.07, 6.45) is 7.81. The normalized spacial score (nSPS) is 11.1. The molecule has 5 heteroatoms. The van der Waals surface area contributed by atoms with Crippen molar-refractivity contribution in [3.63, 3.8) is 0 Å². The fraction of sp³-hybridized carbons (Fsp3) is 0.154. The molecule has 0 heterocycles. The number of terminal acetylenes is 1. The zero-order valence-corrected chi connectivity index (χ0v) is 10.9. The fourth-order valence-corrected chi connectivity index (χ4v) is 2.37. The van der Waals surface area contributed by atoms with Crippen LogP contribution in [0.2, 0.25) is 0 Å². The van der Waals surface area contributed by atoms with Crippen LogP contribution in [-0.4, -0.2) is 25.6 Å². The van der Waals surface area contributed by atoms with Crippen LogP contribution >= 0.6 is 0 Å². The first-order valence-corrected chi connectivity index (χ1v) is 6.64. The summed E-state index contributed by atoms with van der Waals surface area (Å²) in [6, 6.07) is 6.49. The average Bonchev–Trinajstić information content (AvgIpc) is 2.35. The number of hydrogen-bond acceptors (Lipinski definition) is 3. The highest BCUT2D eigenvalue weighted by atomic mass is 32.2. The Morgan fingerprint density at radius 2 is 2.06 bits per heavy atom. The first-order chi connectivity index (χ1) is 8.52. The van der Waals surface area contributed by atoms with Gasteiger partial charge in [-0.05, 0) is 25.1 Å². The Labute approximate surface area is 108 Å². The van der Waals surface area contributed by atoms with Gasteiger partial charge >= 0.3 is 0 Å². The summed E-state index contributed by atoms with van der Waals surface area (Å²) < 4.78 is 25.3.